The number of ether oxygens (including phenoxy) is 2. The van der Waals surface area contributed by atoms with Gasteiger partial charge in [-0.1, -0.05) is 25.2 Å². The summed E-state index contributed by atoms with van der Waals surface area (Å²) in [7, 11) is 1.63. The molecule has 0 aliphatic heterocycles. The highest BCUT2D eigenvalue weighted by molar-refractivity contribution is 7.99. The van der Waals surface area contributed by atoms with Crippen LogP contribution < -0.4 is 15.2 Å². The Morgan fingerprint density at radius 2 is 1.81 bits per heavy atom. The number of thioether (sulfide) groups is 1. The number of methoxy groups -OCH3 is 1. The molecule has 0 radical (unpaired) electrons. The molecule has 0 bridgehead atoms. The van der Waals surface area contributed by atoms with E-state index in [1.807, 2.05) is 42.5 Å². The summed E-state index contributed by atoms with van der Waals surface area (Å²) in [5.41, 5.74) is 6.65. The maximum Gasteiger partial charge on any atom is 0.138 e. The van der Waals surface area contributed by atoms with E-state index in [1.54, 1.807) is 18.9 Å². The minimum Gasteiger partial charge on any atom is -0.497 e. The van der Waals surface area contributed by atoms with E-state index in [-0.39, 0.29) is 0 Å². The van der Waals surface area contributed by atoms with E-state index in [1.165, 1.54) is 0 Å². The molecule has 2 aromatic rings. The molecule has 110 valence electrons. The zero-order chi connectivity index (χ0) is 15.2. The van der Waals surface area contributed by atoms with Gasteiger partial charge in [0.15, 0.2) is 0 Å². The van der Waals surface area contributed by atoms with Gasteiger partial charge in [-0.05, 0) is 42.2 Å². The van der Waals surface area contributed by atoms with E-state index in [0.717, 1.165) is 22.0 Å². The lowest BCUT2D eigenvalue weighted by molar-refractivity contribution is 0.412. The fourth-order valence-corrected chi connectivity index (χ4v) is 3.00. The third-order valence-corrected chi connectivity index (χ3v) is 3.97. The number of hydrogen-bond acceptors (Lipinski definition) is 4. The van der Waals surface area contributed by atoms with Crippen molar-refractivity contribution in [3.63, 3.8) is 0 Å². The molecule has 0 atom stereocenters. The quantitative estimate of drug-likeness (QED) is 0.637. The number of rotatable bonds is 6. The van der Waals surface area contributed by atoms with Gasteiger partial charge in [-0.3, -0.25) is 0 Å². The molecule has 0 fully saturated rings. The molecule has 0 unspecified atom stereocenters. The smallest absolute Gasteiger partial charge is 0.138 e. The van der Waals surface area contributed by atoms with Crippen LogP contribution in [0, 0.1) is 0 Å². The van der Waals surface area contributed by atoms with Crippen molar-refractivity contribution in [2.24, 2.45) is 5.73 Å². The minimum atomic E-state index is 0.343. The summed E-state index contributed by atoms with van der Waals surface area (Å²) < 4.78 is 11.1. The number of hydrogen-bond donors (Lipinski definition) is 1. The summed E-state index contributed by atoms with van der Waals surface area (Å²) >= 11 is 6.87. The van der Waals surface area contributed by atoms with Crippen molar-refractivity contribution in [1.29, 1.82) is 0 Å². The summed E-state index contributed by atoms with van der Waals surface area (Å²) in [4.78, 5) is 1.38. The standard InChI is InChI=1S/C16H17NO2S2/c1-3-21-14-6-4-5-13(15(14)16(17)20)19-12-9-7-11(18-2)8-10-12/h4-10H,3H2,1-2H3,(H2,17,20). The Balaban J connectivity index is 2.33. The summed E-state index contributed by atoms with van der Waals surface area (Å²) in [5, 5.41) is 0. The van der Waals surface area contributed by atoms with Crippen LogP contribution in [0.3, 0.4) is 0 Å². The maximum atomic E-state index is 5.92. The highest BCUT2D eigenvalue weighted by Crippen LogP contribution is 2.33. The van der Waals surface area contributed by atoms with Crippen molar-refractivity contribution >= 4 is 29.0 Å². The van der Waals surface area contributed by atoms with Crippen LogP contribution in [0.5, 0.6) is 17.2 Å². The van der Waals surface area contributed by atoms with E-state index in [4.69, 9.17) is 27.4 Å². The summed E-state index contributed by atoms with van der Waals surface area (Å²) in [5.74, 6) is 3.12. The van der Waals surface area contributed by atoms with E-state index in [2.05, 4.69) is 6.92 Å². The molecule has 0 saturated heterocycles. The molecule has 0 spiro atoms. The zero-order valence-electron chi connectivity index (χ0n) is 12.0. The Bertz CT molecular complexity index is 627. The molecule has 0 aliphatic rings. The highest BCUT2D eigenvalue weighted by atomic mass is 32.2. The molecule has 0 aliphatic carbocycles. The second-order valence-corrected chi connectivity index (χ2v) is 5.95. The largest absolute Gasteiger partial charge is 0.497 e. The Morgan fingerprint density at radius 3 is 2.38 bits per heavy atom. The van der Waals surface area contributed by atoms with Crippen LogP contribution in [0.15, 0.2) is 47.4 Å². The predicted molar refractivity (Wildman–Crippen MR) is 91.8 cm³/mol. The van der Waals surface area contributed by atoms with Crippen molar-refractivity contribution in [2.75, 3.05) is 12.9 Å². The van der Waals surface area contributed by atoms with Crippen LogP contribution in [0.25, 0.3) is 0 Å². The van der Waals surface area contributed by atoms with E-state index in [0.29, 0.717) is 16.5 Å². The van der Waals surface area contributed by atoms with Gasteiger partial charge in [-0.15, -0.1) is 11.8 Å². The third kappa shape index (κ3) is 3.89. The predicted octanol–water partition coefficient (Wildman–Crippen LogP) is 4.23. The Morgan fingerprint density at radius 1 is 1.14 bits per heavy atom. The summed E-state index contributed by atoms with van der Waals surface area (Å²) in [6.45, 7) is 2.09. The Hall–Kier alpha value is -1.72. The van der Waals surface area contributed by atoms with Crippen molar-refractivity contribution in [2.45, 2.75) is 11.8 Å². The van der Waals surface area contributed by atoms with E-state index in [9.17, 15) is 0 Å². The lowest BCUT2D eigenvalue weighted by atomic mass is 10.2. The molecule has 2 N–H and O–H groups in total. The van der Waals surface area contributed by atoms with E-state index >= 15 is 0 Å². The molecule has 5 heteroatoms. The topological polar surface area (TPSA) is 44.5 Å². The van der Waals surface area contributed by atoms with Crippen molar-refractivity contribution in [1.82, 2.24) is 0 Å². The van der Waals surface area contributed by atoms with Gasteiger partial charge in [0, 0.05) is 4.90 Å². The number of nitrogens with two attached hydrogens (primary N) is 1. The molecule has 21 heavy (non-hydrogen) atoms. The molecular formula is C16H17NO2S2. The monoisotopic (exact) mass is 319 g/mol. The van der Waals surface area contributed by atoms with Crippen LogP contribution in [0.2, 0.25) is 0 Å². The Labute approximate surface area is 134 Å². The Kier molecular flexibility index (Phi) is 5.47. The number of benzene rings is 2. The molecule has 0 aromatic heterocycles. The van der Waals surface area contributed by atoms with Crippen molar-refractivity contribution < 1.29 is 9.47 Å². The van der Waals surface area contributed by atoms with Gasteiger partial charge in [0.05, 0.1) is 12.7 Å². The van der Waals surface area contributed by atoms with Crippen molar-refractivity contribution in [3.05, 3.63) is 48.0 Å². The average molecular weight is 319 g/mol. The maximum absolute atomic E-state index is 5.92. The molecule has 3 nitrogen and oxygen atoms in total. The van der Waals surface area contributed by atoms with Crippen LogP contribution in [0.4, 0.5) is 0 Å². The minimum absolute atomic E-state index is 0.343. The lowest BCUT2D eigenvalue weighted by Crippen LogP contribution is -2.12. The summed E-state index contributed by atoms with van der Waals surface area (Å²) in [6.07, 6.45) is 0. The van der Waals surface area contributed by atoms with Crippen LogP contribution in [-0.2, 0) is 0 Å². The third-order valence-electron chi connectivity index (χ3n) is 2.82. The van der Waals surface area contributed by atoms with Gasteiger partial charge in [0.1, 0.15) is 22.2 Å². The molecule has 0 heterocycles. The van der Waals surface area contributed by atoms with Crippen LogP contribution in [-0.4, -0.2) is 17.9 Å². The van der Waals surface area contributed by atoms with Gasteiger partial charge >= 0.3 is 0 Å². The zero-order valence-corrected chi connectivity index (χ0v) is 13.6. The highest BCUT2D eigenvalue weighted by Gasteiger charge is 2.13. The van der Waals surface area contributed by atoms with Crippen molar-refractivity contribution in [3.8, 4) is 17.2 Å². The van der Waals surface area contributed by atoms with Gasteiger partial charge < -0.3 is 15.2 Å². The average Bonchev–Trinajstić information content (AvgIpc) is 2.48. The van der Waals surface area contributed by atoms with Gasteiger partial charge in [-0.2, -0.15) is 0 Å². The fraction of sp³-hybridized carbons (Fsp3) is 0.188. The second kappa shape index (κ2) is 7.33. The molecule has 0 saturated carbocycles. The first kappa shape index (κ1) is 15.7. The van der Waals surface area contributed by atoms with Crippen LogP contribution >= 0.6 is 24.0 Å². The van der Waals surface area contributed by atoms with Gasteiger partial charge in [-0.25, -0.2) is 0 Å². The van der Waals surface area contributed by atoms with Crippen LogP contribution in [0.1, 0.15) is 12.5 Å². The molecule has 2 rings (SSSR count). The fourth-order valence-electron chi connectivity index (χ4n) is 1.89. The first-order valence-corrected chi connectivity index (χ1v) is 7.92. The normalized spacial score (nSPS) is 10.2. The second-order valence-electron chi connectivity index (χ2n) is 4.20. The first-order chi connectivity index (χ1) is 10.2. The van der Waals surface area contributed by atoms with E-state index < -0.39 is 0 Å². The number of thiocarbonyl (C=S) groups is 1. The first-order valence-electron chi connectivity index (χ1n) is 6.53. The summed E-state index contributed by atoms with van der Waals surface area (Å²) in [6, 6.07) is 13.2. The van der Waals surface area contributed by atoms with Gasteiger partial charge in [0.2, 0.25) is 0 Å². The molecular weight excluding hydrogens is 302 g/mol. The SMILES string of the molecule is CCSc1cccc(Oc2ccc(OC)cc2)c1C(N)=S. The van der Waals surface area contributed by atoms with Gasteiger partial charge in [0.25, 0.3) is 0 Å². The molecule has 0 amide bonds. The molecule has 2 aromatic carbocycles. The lowest BCUT2D eigenvalue weighted by Gasteiger charge is -2.14.